The highest BCUT2D eigenvalue weighted by molar-refractivity contribution is 7.18. The minimum atomic E-state index is -0.651. The van der Waals surface area contributed by atoms with E-state index in [9.17, 15) is 14.4 Å². The van der Waals surface area contributed by atoms with Crippen LogP contribution in [0.4, 0.5) is 5.00 Å². The Morgan fingerprint density at radius 1 is 1.00 bits per heavy atom. The van der Waals surface area contributed by atoms with Gasteiger partial charge in [-0.05, 0) is 38.5 Å². The zero-order valence-corrected chi connectivity index (χ0v) is 17.2. The second kappa shape index (κ2) is 9.21. The molecule has 2 aromatic rings. The molecule has 27 heavy (non-hydrogen) atoms. The standard InChI is InChI=1S/C18H17Cl2NO5S/c1-4-25-17(23)12-9(3)14(18(24)26-5-2)27-16(12)21-15(22)13-10(19)7-6-8-11(13)20/h6-8H,4-5H2,1-3H3,(H,21,22). The molecule has 0 saturated carbocycles. The monoisotopic (exact) mass is 429 g/mol. The average molecular weight is 430 g/mol. The summed E-state index contributed by atoms with van der Waals surface area (Å²) in [5.74, 6) is -1.84. The number of benzene rings is 1. The summed E-state index contributed by atoms with van der Waals surface area (Å²) in [6, 6.07) is 4.66. The Morgan fingerprint density at radius 2 is 1.56 bits per heavy atom. The van der Waals surface area contributed by atoms with Gasteiger partial charge in [-0.15, -0.1) is 11.3 Å². The van der Waals surface area contributed by atoms with Gasteiger partial charge in [0.2, 0.25) is 0 Å². The number of esters is 2. The average Bonchev–Trinajstić information content (AvgIpc) is 2.91. The van der Waals surface area contributed by atoms with Crippen LogP contribution in [-0.2, 0) is 9.47 Å². The van der Waals surface area contributed by atoms with Crippen molar-refractivity contribution < 1.29 is 23.9 Å². The molecule has 0 radical (unpaired) electrons. The van der Waals surface area contributed by atoms with E-state index in [-0.39, 0.29) is 44.3 Å². The number of carbonyl (C=O) groups is 3. The summed E-state index contributed by atoms with van der Waals surface area (Å²) in [6.45, 7) is 5.25. The summed E-state index contributed by atoms with van der Waals surface area (Å²) in [4.78, 5) is 37.4. The number of nitrogens with one attached hydrogen (secondary N) is 1. The van der Waals surface area contributed by atoms with E-state index in [1.54, 1.807) is 26.8 Å². The van der Waals surface area contributed by atoms with Crippen LogP contribution in [0.15, 0.2) is 18.2 Å². The fourth-order valence-electron chi connectivity index (χ4n) is 2.32. The largest absolute Gasteiger partial charge is 0.462 e. The summed E-state index contributed by atoms with van der Waals surface area (Å²) in [7, 11) is 0. The van der Waals surface area contributed by atoms with Gasteiger partial charge < -0.3 is 14.8 Å². The third-order valence-corrected chi connectivity index (χ3v) is 5.32. The summed E-state index contributed by atoms with van der Waals surface area (Å²) in [5, 5.41) is 3.10. The lowest BCUT2D eigenvalue weighted by molar-refractivity contribution is 0.0527. The molecule has 1 N–H and O–H groups in total. The van der Waals surface area contributed by atoms with Gasteiger partial charge in [0.15, 0.2) is 0 Å². The normalized spacial score (nSPS) is 10.4. The van der Waals surface area contributed by atoms with Crippen molar-refractivity contribution in [3.05, 3.63) is 49.8 Å². The topological polar surface area (TPSA) is 81.7 Å². The molecule has 0 fully saturated rings. The first kappa shape index (κ1) is 21.2. The van der Waals surface area contributed by atoms with Crippen LogP contribution < -0.4 is 5.32 Å². The van der Waals surface area contributed by atoms with Crippen molar-refractivity contribution in [3.8, 4) is 0 Å². The van der Waals surface area contributed by atoms with Crippen molar-refractivity contribution in [1.29, 1.82) is 0 Å². The molecule has 0 aliphatic heterocycles. The molecule has 0 bridgehead atoms. The lowest BCUT2D eigenvalue weighted by atomic mass is 10.1. The van der Waals surface area contributed by atoms with Crippen molar-refractivity contribution in [3.63, 3.8) is 0 Å². The van der Waals surface area contributed by atoms with Gasteiger partial charge >= 0.3 is 11.9 Å². The van der Waals surface area contributed by atoms with Crippen LogP contribution in [0.1, 0.15) is 49.8 Å². The van der Waals surface area contributed by atoms with Gasteiger partial charge in [-0.25, -0.2) is 9.59 Å². The zero-order valence-electron chi connectivity index (χ0n) is 14.9. The highest BCUT2D eigenvalue weighted by Crippen LogP contribution is 2.35. The van der Waals surface area contributed by atoms with E-state index in [0.29, 0.717) is 5.56 Å². The maximum atomic E-state index is 12.7. The summed E-state index contributed by atoms with van der Waals surface area (Å²) in [5.41, 5.74) is 0.540. The zero-order chi connectivity index (χ0) is 20.1. The van der Waals surface area contributed by atoms with Crippen molar-refractivity contribution in [2.75, 3.05) is 18.5 Å². The van der Waals surface area contributed by atoms with Crippen molar-refractivity contribution in [2.24, 2.45) is 0 Å². The third kappa shape index (κ3) is 4.61. The fourth-order valence-corrected chi connectivity index (χ4v) is 3.98. The fraction of sp³-hybridized carbons (Fsp3) is 0.278. The number of amides is 1. The second-order valence-electron chi connectivity index (χ2n) is 5.25. The van der Waals surface area contributed by atoms with Crippen LogP contribution in [0.25, 0.3) is 0 Å². The molecule has 9 heteroatoms. The first-order valence-electron chi connectivity index (χ1n) is 8.04. The van der Waals surface area contributed by atoms with E-state index in [1.165, 1.54) is 12.1 Å². The lowest BCUT2D eigenvalue weighted by Gasteiger charge is -2.09. The molecule has 1 aromatic carbocycles. The highest BCUT2D eigenvalue weighted by Gasteiger charge is 2.28. The van der Waals surface area contributed by atoms with E-state index in [4.69, 9.17) is 32.7 Å². The number of anilines is 1. The Morgan fingerprint density at radius 3 is 2.11 bits per heavy atom. The second-order valence-corrected chi connectivity index (χ2v) is 7.09. The molecule has 0 saturated heterocycles. The predicted octanol–water partition coefficient (Wildman–Crippen LogP) is 4.97. The first-order valence-corrected chi connectivity index (χ1v) is 9.61. The van der Waals surface area contributed by atoms with E-state index >= 15 is 0 Å². The summed E-state index contributed by atoms with van der Waals surface area (Å²) in [6.07, 6.45) is 0. The number of thiophene rings is 1. The molecule has 0 atom stereocenters. The van der Waals surface area contributed by atoms with Gasteiger partial charge in [-0.3, -0.25) is 4.79 Å². The van der Waals surface area contributed by atoms with E-state index in [0.717, 1.165) is 11.3 Å². The summed E-state index contributed by atoms with van der Waals surface area (Å²) >= 11 is 13.1. The molecule has 1 heterocycles. The molecule has 6 nitrogen and oxygen atoms in total. The Labute approximate surface area is 170 Å². The minimum Gasteiger partial charge on any atom is -0.462 e. The molecule has 0 aliphatic rings. The van der Waals surface area contributed by atoms with Crippen LogP contribution in [0.3, 0.4) is 0 Å². The highest BCUT2D eigenvalue weighted by atomic mass is 35.5. The number of ether oxygens (including phenoxy) is 2. The van der Waals surface area contributed by atoms with Gasteiger partial charge in [0.05, 0.1) is 34.4 Å². The Balaban J connectivity index is 2.48. The van der Waals surface area contributed by atoms with Crippen molar-refractivity contribution in [2.45, 2.75) is 20.8 Å². The van der Waals surface area contributed by atoms with E-state index < -0.39 is 17.8 Å². The Bertz CT molecular complexity index is 874. The first-order chi connectivity index (χ1) is 12.8. The minimum absolute atomic E-state index is 0.0689. The quantitative estimate of drug-likeness (QED) is 0.655. The maximum absolute atomic E-state index is 12.7. The Hall–Kier alpha value is -2.09. The smallest absolute Gasteiger partial charge is 0.348 e. The molecule has 0 unspecified atom stereocenters. The molecule has 0 aliphatic carbocycles. The van der Waals surface area contributed by atoms with Crippen LogP contribution in [0.5, 0.6) is 0 Å². The Kier molecular flexibility index (Phi) is 7.24. The van der Waals surface area contributed by atoms with Crippen LogP contribution in [-0.4, -0.2) is 31.1 Å². The predicted molar refractivity (Wildman–Crippen MR) is 105 cm³/mol. The van der Waals surface area contributed by atoms with Crippen LogP contribution in [0.2, 0.25) is 10.0 Å². The van der Waals surface area contributed by atoms with Crippen molar-refractivity contribution in [1.82, 2.24) is 0 Å². The number of hydrogen-bond donors (Lipinski definition) is 1. The van der Waals surface area contributed by atoms with Gasteiger partial charge in [-0.1, -0.05) is 29.3 Å². The van der Waals surface area contributed by atoms with E-state index in [1.807, 2.05) is 0 Å². The molecule has 0 spiro atoms. The van der Waals surface area contributed by atoms with Crippen LogP contribution >= 0.6 is 34.5 Å². The van der Waals surface area contributed by atoms with Gasteiger partial charge in [0.25, 0.3) is 5.91 Å². The van der Waals surface area contributed by atoms with Gasteiger partial charge in [-0.2, -0.15) is 0 Å². The number of carbonyl (C=O) groups excluding carboxylic acids is 3. The number of rotatable bonds is 6. The number of halogens is 2. The summed E-state index contributed by atoms with van der Waals surface area (Å²) < 4.78 is 10.1. The SMILES string of the molecule is CCOC(=O)c1sc(NC(=O)c2c(Cl)cccc2Cl)c(C(=O)OCC)c1C. The van der Waals surface area contributed by atoms with E-state index in [2.05, 4.69) is 5.32 Å². The maximum Gasteiger partial charge on any atom is 0.348 e. The van der Waals surface area contributed by atoms with Gasteiger partial charge in [0.1, 0.15) is 9.88 Å². The molecular weight excluding hydrogens is 413 g/mol. The molecule has 144 valence electrons. The molecule has 1 amide bonds. The van der Waals surface area contributed by atoms with Crippen LogP contribution in [0, 0.1) is 6.92 Å². The van der Waals surface area contributed by atoms with Crippen molar-refractivity contribution >= 4 is 57.4 Å². The molecule has 2 rings (SSSR count). The molecule has 1 aromatic heterocycles. The van der Waals surface area contributed by atoms with Gasteiger partial charge in [0, 0.05) is 0 Å². The third-order valence-electron chi connectivity index (χ3n) is 3.50. The lowest BCUT2D eigenvalue weighted by Crippen LogP contribution is -2.15. The number of hydrogen-bond acceptors (Lipinski definition) is 6. The molecular formula is C18H17Cl2NO5S.